The second-order valence-corrected chi connectivity index (χ2v) is 3.20. The minimum absolute atomic E-state index is 0.0131. The maximum absolute atomic E-state index is 11.1. The van der Waals surface area contributed by atoms with Crippen LogP contribution in [0, 0.1) is 0 Å². The molecule has 1 heterocycles. The summed E-state index contributed by atoms with van der Waals surface area (Å²) in [5, 5.41) is 0.953. The van der Waals surface area contributed by atoms with Crippen LogP contribution < -0.4 is 11.1 Å². The molecule has 7 heteroatoms. The summed E-state index contributed by atoms with van der Waals surface area (Å²) >= 11 is 11.3. The first kappa shape index (κ1) is 10.1. The van der Waals surface area contributed by atoms with Crippen LogP contribution in [0.2, 0.25) is 0 Å². The van der Waals surface area contributed by atoms with Crippen LogP contribution in [-0.4, -0.2) is 24.0 Å². The van der Waals surface area contributed by atoms with Crippen molar-refractivity contribution in [3.8, 4) is 0 Å². The van der Waals surface area contributed by atoms with Gasteiger partial charge in [0, 0.05) is 6.20 Å². The molecule has 0 radical (unpaired) electrons. The third-order valence-corrected chi connectivity index (χ3v) is 2.02. The number of aliphatic imine (C=N–C) groups is 1. The SMILES string of the molecule is COC(=O)C1(Cl)N=C(N)C(Cl)=CN1. The number of carbonyl (C=O) groups is 1. The second kappa shape index (κ2) is 3.43. The van der Waals surface area contributed by atoms with E-state index in [0.29, 0.717) is 0 Å². The average Bonchev–Trinajstić information content (AvgIpc) is 2.11. The van der Waals surface area contributed by atoms with Gasteiger partial charge in [0.2, 0.25) is 0 Å². The lowest BCUT2D eigenvalue weighted by molar-refractivity contribution is -0.144. The standard InChI is InChI=1S/C6H7Cl2N3O2/c1-13-5(12)6(8)10-2-3(7)4(9)11-6/h2,10H,1H3,(H2,9,11). The lowest BCUT2D eigenvalue weighted by Gasteiger charge is -2.23. The fourth-order valence-electron chi connectivity index (χ4n) is 0.724. The Morgan fingerprint density at radius 1 is 1.85 bits per heavy atom. The number of alkyl halides is 1. The van der Waals surface area contributed by atoms with E-state index in [-0.39, 0.29) is 10.9 Å². The van der Waals surface area contributed by atoms with Crippen molar-refractivity contribution < 1.29 is 9.53 Å². The number of methoxy groups -OCH3 is 1. The van der Waals surface area contributed by atoms with Crippen LogP contribution in [0.5, 0.6) is 0 Å². The van der Waals surface area contributed by atoms with Crippen molar-refractivity contribution in [2.75, 3.05) is 7.11 Å². The molecular formula is C6H7Cl2N3O2. The molecule has 0 aromatic heterocycles. The topological polar surface area (TPSA) is 76.7 Å². The highest BCUT2D eigenvalue weighted by Crippen LogP contribution is 2.21. The van der Waals surface area contributed by atoms with Crippen LogP contribution in [0.4, 0.5) is 0 Å². The smallest absolute Gasteiger partial charge is 0.371 e. The van der Waals surface area contributed by atoms with E-state index in [1.165, 1.54) is 13.3 Å². The van der Waals surface area contributed by atoms with Gasteiger partial charge in [-0.05, 0) is 0 Å². The van der Waals surface area contributed by atoms with Gasteiger partial charge in [0.25, 0.3) is 0 Å². The van der Waals surface area contributed by atoms with Gasteiger partial charge in [-0.1, -0.05) is 23.2 Å². The van der Waals surface area contributed by atoms with Crippen LogP contribution in [0.3, 0.4) is 0 Å². The van der Waals surface area contributed by atoms with Crippen molar-refractivity contribution >= 4 is 35.0 Å². The zero-order valence-electron chi connectivity index (χ0n) is 6.67. The van der Waals surface area contributed by atoms with Crippen molar-refractivity contribution in [1.82, 2.24) is 5.32 Å². The van der Waals surface area contributed by atoms with Crippen LogP contribution in [-0.2, 0) is 9.53 Å². The summed E-state index contributed by atoms with van der Waals surface area (Å²) in [4.78, 5) is 14.7. The van der Waals surface area contributed by atoms with Crippen molar-refractivity contribution in [2.24, 2.45) is 10.7 Å². The molecule has 1 rings (SSSR count). The summed E-state index contributed by atoms with van der Waals surface area (Å²) in [6.07, 6.45) is 1.29. The molecule has 5 nitrogen and oxygen atoms in total. The Hall–Kier alpha value is -0.940. The molecule has 3 N–H and O–H groups in total. The molecule has 72 valence electrons. The lowest BCUT2D eigenvalue weighted by Crippen LogP contribution is -2.47. The highest BCUT2D eigenvalue weighted by molar-refractivity contribution is 6.44. The molecule has 1 unspecified atom stereocenters. The number of halogens is 2. The number of nitrogens with one attached hydrogen (secondary N) is 1. The van der Waals surface area contributed by atoms with Crippen LogP contribution in [0.15, 0.2) is 16.2 Å². The Morgan fingerprint density at radius 2 is 2.46 bits per heavy atom. The third-order valence-electron chi connectivity index (χ3n) is 1.37. The van der Waals surface area contributed by atoms with E-state index in [4.69, 9.17) is 28.9 Å². The molecular weight excluding hydrogens is 217 g/mol. The van der Waals surface area contributed by atoms with Gasteiger partial charge in [0.15, 0.2) is 0 Å². The molecule has 1 aliphatic rings. The number of nitrogens with two attached hydrogens (primary N) is 1. The van der Waals surface area contributed by atoms with Crippen LogP contribution in [0.25, 0.3) is 0 Å². The molecule has 0 spiro atoms. The van der Waals surface area contributed by atoms with E-state index in [1.54, 1.807) is 0 Å². The zero-order valence-corrected chi connectivity index (χ0v) is 8.19. The fourth-order valence-corrected chi connectivity index (χ4v) is 1.04. The van der Waals surface area contributed by atoms with E-state index in [0.717, 1.165) is 0 Å². The predicted molar refractivity (Wildman–Crippen MR) is 49.3 cm³/mol. The molecule has 0 aromatic carbocycles. The van der Waals surface area contributed by atoms with Gasteiger partial charge in [0.05, 0.1) is 12.1 Å². The number of esters is 1. The molecule has 0 bridgehead atoms. The summed E-state index contributed by atoms with van der Waals surface area (Å²) in [6, 6.07) is 0. The van der Waals surface area contributed by atoms with E-state index in [9.17, 15) is 4.79 Å². The monoisotopic (exact) mass is 223 g/mol. The van der Waals surface area contributed by atoms with Gasteiger partial charge in [-0.25, -0.2) is 9.79 Å². The molecule has 1 aliphatic heterocycles. The van der Waals surface area contributed by atoms with Gasteiger partial charge >= 0.3 is 11.1 Å². The first-order valence-corrected chi connectivity index (χ1v) is 4.01. The Labute approximate surface area is 84.5 Å². The number of rotatable bonds is 1. The minimum atomic E-state index is -1.70. The van der Waals surface area contributed by atoms with E-state index in [2.05, 4.69) is 15.0 Å². The number of ether oxygens (including phenoxy) is 1. The zero-order chi connectivity index (χ0) is 10.1. The summed E-state index contributed by atoms with van der Waals surface area (Å²) < 4.78 is 4.41. The Kier molecular flexibility index (Phi) is 2.68. The molecule has 0 fully saturated rings. The van der Waals surface area contributed by atoms with Gasteiger partial charge in [-0.3, -0.25) is 0 Å². The molecule has 0 aliphatic carbocycles. The summed E-state index contributed by atoms with van der Waals surface area (Å²) in [5.74, 6) is -0.765. The van der Waals surface area contributed by atoms with Crippen molar-refractivity contribution in [2.45, 2.75) is 5.12 Å². The molecule has 0 saturated heterocycles. The highest BCUT2D eigenvalue weighted by Gasteiger charge is 2.38. The maximum atomic E-state index is 11.1. The van der Waals surface area contributed by atoms with Gasteiger partial charge in [-0.2, -0.15) is 0 Å². The van der Waals surface area contributed by atoms with Crippen LogP contribution in [0.1, 0.15) is 0 Å². The highest BCUT2D eigenvalue weighted by atomic mass is 35.5. The molecule has 13 heavy (non-hydrogen) atoms. The summed E-state index contributed by atoms with van der Waals surface area (Å²) in [7, 11) is 1.19. The average molecular weight is 224 g/mol. The second-order valence-electron chi connectivity index (χ2n) is 2.25. The summed E-state index contributed by atoms with van der Waals surface area (Å²) in [6.45, 7) is 0. The van der Waals surface area contributed by atoms with Crippen molar-refractivity contribution in [3.05, 3.63) is 11.2 Å². The molecule has 0 saturated carbocycles. The first-order chi connectivity index (χ1) is 5.99. The minimum Gasteiger partial charge on any atom is -0.465 e. The third kappa shape index (κ3) is 1.87. The summed E-state index contributed by atoms with van der Waals surface area (Å²) in [5.41, 5.74) is 5.36. The Bertz CT molecular complexity index is 302. The molecule has 1 atom stereocenters. The van der Waals surface area contributed by atoms with Crippen molar-refractivity contribution in [3.63, 3.8) is 0 Å². The number of nitrogens with zero attached hydrogens (tertiary/aromatic N) is 1. The van der Waals surface area contributed by atoms with Gasteiger partial charge in [0.1, 0.15) is 5.84 Å². The van der Waals surface area contributed by atoms with Crippen LogP contribution >= 0.6 is 23.2 Å². The first-order valence-electron chi connectivity index (χ1n) is 3.26. The van der Waals surface area contributed by atoms with E-state index >= 15 is 0 Å². The number of hydrogen-bond acceptors (Lipinski definition) is 5. The Balaban J connectivity index is 2.93. The quantitative estimate of drug-likeness (QED) is 0.376. The fraction of sp³-hybridized carbons (Fsp3) is 0.333. The predicted octanol–water partition coefficient (Wildman–Crippen LogP) is 0.0926. The number of carbonyl (C=O) groups excluding carboxylic acids is 1. The van der Waals surface area contributed by atoms with Gasteiger partial charge in [-0.15, -0.1) is 0 Å². The van der Waals surface area contributed by atoms with Gasteiger partial charge < -0.3 is 15.8 Å². The van der Waals surface area contributed by atoms with E-state index < -0.39 is 11.1 Å². The lowest BCUT2D eigenvalue weighted by atomic mass is 10.4. The maximum Gasteiger partial charge on any atom is 0.371 e. The number of amidine groups is 1. The normalized spacial score (nSPS) is 27.0. The van der Waals surface area contributed by atoms with E-state index in [1.807, 2.05) is 0 Å². The van der Waals surface area contributed by atoms with Crippen molar-refractivity contribution in [1.29, 1.82) is 0 Å². The largest absolute Gasteiger partial charge is 0.465 e. The molecule has 0 aromatic rings. The Morgan fingerprint density at radius 3 is 2.92 bits per heavy atom. The molecule has 0 amide bonds. The number of hydrogen-bond donors (Lipinski definition) is 2.